The second-order valence-corrected chi connectivity index (χ2v) is 7.23. The van der Waals surface area contributed by atoms with E-state index in [2.05, 4.69) is 15.5 Å². The van der Waals surface area contributed by atoms with Gasteiger partial charge in [0.25, 0.3) is 11.8 Å². The summed E-state index contributed by atoms with van der Waals surface area (Å²) in [4.78, 5) is 29.9. The highest BCUT2D eigenvalue weighted by Crippen LogP contribution is 2.34. The molecule has 158 valence electrons. The molecule has 31 heavy (non-hydrogen) atoms. The lowest BCUT2D eigenvalue weighted by Gasteiger charge is -2.37. The van der Waals surface area contributed by atoms with E-state index in [1.54, 1.807) is 34.1 Å². The number of anilines is 1. The molecule has 2 aromatic carbocycles. The first-order valence-corrected chi connectivity index (χ1v) is 9.98. The molecule has 0 saturated carbocycles. The van der Waals surface area contributed by atoms with Crippen molar-refractivity contribution in [1.29, 1.82) is 0 Å². The van der Waals surface area contributed by atoms with Gasteiger partial charge in [0, 0.05) is 18.7 Å². The number of morpholine rings is 1. The molecule has 10 heteroatoms. The van der Waals surface area contributed by atoms with Gasteiger partial charge in [0.2, 0.25) is 0 Å². The van der Waals surface area contributed by atoms with Crippen molar-refractivity contribution in [2.24, 2.45) is 0 Å². The number of rotatable bonds is 3. The molecule has 0 bridgehead atoms. The van der Waals surface area contributed by atoms with E-state index >= 15 is 0 Å². The van der Waals surface area contributed by atoms with Crippen LogP contribution in [-0.4, -0.2) is 75.9 Å². The number of ether oxygens (including phenoxy) is 2. The van der Waals surface area contributed by atoms with E-state index in [-0.39, 0.29) is 18.4 Å². The van der Waals surface area contributed by atoms with Crippen LogP contribution in [-0.2, 0) is 9.53 Å². The predicted octanol–water partition coefficient (Wildman–Crippen LogP) is 0.929. The molecule has 1 fully saturated rings. The van der Waals surface area contributed by atoms with Crippen molar-refractivity contribution >= 4 is 17.5 Å². The van der Waals surface area contributed by atoms with E-state index in [1.807, 2.05) is 24.3 Å². The first kappa shape index (κ1) is 19.2. The molecule has 1 atom stereocenters. The Labute approximate surface area is 178 Å². The van der Waals surface area contributed by atoms with Crippen LogP contribution in [0.3, 0.4) is 0 Å². The van der Waals surface area contributed by atoms with Gasteiger partial charge in [0.05, 0.1) is 31.1 Å². The van der Waals surface area contributed by atoms with Crippen LogP contribution in [0.1, 0.15) is 10.4 Å². The summed E-state index contributed by atoms with van der Waals surface area (Å²) < 4.78 is 12.8. The highest BCUT2D eigenvalue weighted by atomic mass is 16.5. The average molecular weight is 420 g/mol. The fourth-order valence-electron chi connectivity index (χ4n) is 3.76. The molecule has 2 aliphatic heterocycles. The Morgan fingerprint density at radius 3 is 2.68 bits per heavy atom. The van der Waals surface area contributed by atoms with Gasteiger partial charge in [-0.2, -0.15) is 0 Å². The average Bonchev–Trinajstić information content (AvgIpc) is 3.38. The van der Waals surface area contributed by atoms with Crippen molar-refractivity contribution in [2.75, 3.05) is 37.7 Å². The number of nitrogens with zero attached hydrogens (tertiary/aromatic N) is 6. The number of amides is 2. The van der Waals surface area contributed by atoms with Gasteiger partial charge in [-0.25, -0.2) is 4.68 Å². The van der Waals surface area contributed by atoms with Gasteiger partial charge in [-0.15, -0.1) is 5.10 Å². The second-order valence-electron chi connectivity index (χ2n) is 7.23. The second kappa shape index (κ2) is 8.15. The Bertz CT molecular complexity index is 1100. The fourth-order valence-corrected chi connectivity index (χ4v) is 3.76. The van der Waals surface area contributed by atoms with E-state index in [0.717, 1.165) is 0 Å². The molecule has 3 heterocycles. The van der Waals surface area contributed by atoms with E-state index in [0.29, 0.717) is 49.0 Å². The quantitative estimate of drug-likeness (QED) is 0.621. The molecule has 1 saturated heterocycles. The standard InChI is InChI=1S/C21H20N6O4/c28-20(15-4-3-5-16(12-15)27-14-22-23-24-27)26-13-19(21(29)25-8-10-30-11-9-25)31-18-7-2-1-6-17(18)26/h1-7,12,14,19H,8-11,13H2. The molecule has 0 N–H and O–H groups in total. The summed E-state index contributed by atoms with van der Waals surface area (Å²) in [5.41, 5.74) is 1.76. The molecule has 0 aliphatic carbocycles. The molecule has 2 aliphatic rings. The largest absolute Gasteiger partial charge is 0.476 e. The van der Waals surface area contributed by atoms with Crippen LogP contribution in [0.25, 0.3) is 5.69 Å². The number of carbonyl (C=O) groups excluding carboxylic acids is 2. The number of fused-ring (bicyclic) bond motifs is 1. The maximum atomic E-state index is 13.5. The number of hydrogen-bond acceptors (Lipinski definition) is 7. The molecule has 2 amide bonds. The monoisotopic (exact) mass is 420 g/mol. The first-order chi connectivity index (χ1) is 15.2. The van der Waals surface area contributed by atoms with Gasteiger partial charge >= 0.3 is 0 Å². The Hall–Kier alpha value is -3.79. The summed E-state index contributed by atoms with van der Waals surface area (Å²) in [7, 11) is 0. The highest BCUT2D eigenvalue weighted by molar-refractivity contribution is 6.08. The number of benzene rings is 2. The molecule has 5 rings (SSSR count). The van der Waals surface area contributed by atoms with Gasteiger partial charge in [0.15, 0.2) is 6.10 Å². The van der Waals surface area contributed by atoms with Crippen molar-refractivity contribution in [3.05, 3.63) is 60.4 Å². The minimum Gasteiger partial charge on any atom is -0.476 e. The third-order valence-electron chi connectivity index (χ3n) is 5.32. The SMILES string of the molecule is O=C(C1CN(C(=O)c2cccc(-n3cnnn3)c2)c2ccccc2O1)N1CCOCC1. The topological polar surface area (TPSA) is 103 Å². The molecule has 1 unspecified atom stereocenters. The summed E-state index contributed by atoms with van der Waals surface area (Å²) in [6.07, 6.45) is 0.685. The van der Waals surface area contributed by atoms with Crippen molar-refractivity contribution in [1.82, 2.24) is 25.1 Å². The molecule has 3 aromatic rings. The fraction of sp³-hybridized carbons (Fsp3) is 0.286. The van der Waals surface area contributed by atoms with Crippen LogP contribution >= 0.6 is 0 Å². The smallest absolute Gasteiger partial charge is 0.265 e. The van der Waals surface area contributed by atoms with Crippen LogP contribution in [0.2, 0.25) is 0 Å². The van der Waals surface area contributed by atoms with E-state index in [4.69, 9.17) is 9.47 Å². The molecule has 10 nitrogen and oxygen atoms in total. The Morgan fingerprint density at radius 1 is 1.03 bits per heavy atom. The Morgan fingerprint density at radius 2 is 1.87 bits per heavy atom. The maximum absolute atomic E-state index is 13.5. The highest BCUT2D eigenvalue weighted by Gasteiger charge is 2.36. The molecular formula is C21H20N6O4. The van der Waals surface area contributed by atoms with Crippen molar-refractivity contribution in [2.45, 2.75) is 6.10 Å². The lowest BCUT2D eigenvalue weighted by molar-refractivity contribution is -0.142. The summed E-state index contributed by atoms with van der Waals surface area (Å²) in [5.74, 6) is 0.133. The zero-order valence-corrected chi connectivity index (χ0v) is 16.6. The van der Waals surface area contributed by atoms with Gasteiger partial charge in [-0.3, -0.25) is 9.59 Å². The van der Waals surface area contributed by atoms with Gasteiger partial charge in [-0.1, -0.05) is 18.2 Å². The van der Waals surface area contributed by atoms with Crippen LogP contribution in [0.15, 0.2) is 54.9 Å². The lowest BCUT2D eigenvalue weighted by atomic mass is 10.1. The first-order valence-electron chi connectivity index (χ1n) is 9.98. The van der Waals surface area contributed by atoms with E-state index in [9.17, 15) is 9.59 Å². The Balaban J connectivity index is 1.45. The summed E-state index contributed by atoms with van der Waals surface area (Å²) in [5, 5.41) is 11.1. The minimum absolute atomic E-state index is 0.126. The van der Waals surface area contributed by atoms with Crippen LogP contribution in [0.5, 0.6) is 5.75 Å². The third kappa shape index (κ3) is 3.73. The predicted molar refractivity (Wildman–Crippen MR) is 109 cm³/mol. The molecular weight excluding hydrogens is 400 g/mol. The van der Waals surface area contributed by atoms with Crippen molar-refractivity contribution in [3.8, 4) is 11.4 Å². The molecule has 0 spiro atoms. The third-order valence-corrected chi connectivity index (χ3v) is 5.32. The van der Waals surface area contributed by atoms with Gasteiger partial charge in [0.1, 0.15) is 12.1 Å². The summed E-state index contributed by atoms with van der Waals surface area (Å²) in [6, 6.07) is 14.3. The van der Waals surface area contributed by atoms with Crippen LogP contribution in [0, 0.1) is 0 Å². The van der Waals surface area contributed by atoms with Gasteiger partial charge < -0.3 is 19.3 Å². The molecule has 0 radical (unpaired) electrons. The number of tetrazole rings is 1. The number of hydrogen-bond donors (Lipinski definition) is 0. The van der Waals surface area contributed by atoms with E-state index in [1.165, 1.54) is 11.0 Å². The maximum Gasteiger partial charge on any atom is 0.265 e. The lowest BCUT2D eigenvalue weighted by Crippen LogP contribution is -2.54. The van der Waals surface area contributed by atoms with Gasteiger partial charge in [-0.05, 0) is 40.8 Å². The van der Waals surface area contributed by atoms with Crippen molar-refractivity contribution < 1.29 is 19.1 Å². The minimum atomic E-state index is -0.778. The summed E-state index contributed by atoms with van der Waals surface area (Å²) in [6.45, 7) is 2.16. The Kier molecular flexibility index (Phi) is 5.04. The van der Waals surface area contributed by atoms with Crippen LogP contribution < -0.4 is 9.64 Å². The van der Waals surface area contributed by atoms with Crippen LogP contribution in [0.4, 0.5) is 5.69 Å². The van der Waals surface area contributed by atoms with Crippen molar-refractivity contribution in [3.63, 3.8) is 0 Å². The number of carbonyl (C=O) groups is 2. The summed E-state index contributed by atoms with van der Waals surface area (Å²) >= 11 is 0. The number of aromatic nitrogens is 4. The zero-order chi connectivity index (χ0) is 21.2. The van der Waals surface area contributed by atoms with E-state index < -0.39 is 6.10 Å². The molecule has 1 aromatic heterocycles. The zero-order valence-electron chi connectivity index (χ0n) is 16.6. The normalized spacial score (nSPS) is 18.3. The number of para-hydroxylation sites is 2.